The molecule has 0 spiro atoms. The fraction of sp³-hybridized carbons (Fsp3) is 0.308. The summed E-state index contributed by atoms with van der Waals surface area (Å²) in [6, 6.07) is 14.8. The van der Waals surface area contributed by atoms with Gasteiger partial charge in [-0.1, -0.05) is 48.2 Å². The van der Waals surface area contributed by atoms with Crippen molar-refractivity contribution in [2.75, 3.05) is 4.90 Å². The Morgan fingerprint density at radius 3 is 2.62 bits per heavy atom. The largest absolute Gasteiger partial charge is 0.378 e. The molecule has 1 aliphatic rings. The predicted molar refractivity (Wildman–Crippen MR) is 151 cm³/mol. The second kappa shape index (κ2) is 10.3. The van der Waals surface area contributed by atoms with Crippen LogP contribution in [0.25, 0.3) is 0 Å². The van der Waals surface area contributed by atoms with Crippen molar-refractivity contribution in [2.45, 2.75) is 50.0 Å². The topological polar surface area (TPSA) is 111 Å². The normalized spacial score (nSPS) is 15.8. The van der Waals surface area contributed by atoms with Gasteiger partial charge in [0.15, 0.2) is 0 Å². The first-order chi connectivity index (χ1) is 17.4. The molecule has 37 heavy (non-hydrogen) atoms. The number of carbonyl (C=O) groups is 2. The number of carbonyl (C=O) groups excluding carboxylic acids is 2. The van der Waals surface area contributed by atoms with Crippen LogP contribution in [0.5, 0.6) is 0 Å². The number of nitrogens with zero attached hydrogens (tertiary/aromatic N) is 3. The molecule has 0 saturated carbocycles. The Labute approximate surface area is 219 Å². The van der Waals surface area contributed by atoms with Gasteiger partial charge in [0.25, 0.3) is 5.91 Å². The number of hydrogen-bond acceptors (Lipinski definition) is 5. The van der Waals surface area contributed by atoms with E-state index < -0.39 is 22.8 Å². The summed E-state index contributed by atoms with van der Waals surface area (Å²) < 4.78 is 0. The maximum Gasteiger partial charge on any atom is 0.291 e. The molecule has 0 aliphatic carbocycles. The molecular weight excluding hydrogens is 463 g/mol. The van der Waals surface area contributed by atoms with E-state index in [1.165, 1.54) is 0 Å². The van der Waals surface area contributed by atoms with Crippen LogP contribution in [0.4, 0.5) is 5.69 Å². The van der Waals surface area contributed by atoms with Gasteiger partial charge in [0.1, 0.15) is 41.0 Å². The SMILES string of the molecule is BC(B)(B)N1C(=O)C(NC(=O)c2n[nH]c(Cc3ccccc3)n2)CCc2ccc(C#CC(C)(C)O)cc21. The first kappa shape index (κ1) is 26.3. The lowest BCUT2D eigenvalue weighted by Gasteiger charge is -2.38. The van der Waals surface area contributed by atoms with Gasteiger partial charge < -0.3 is 15.3 Å². The number of rotatable bonds is 5. The summed E-state index contributed by atoms with van der Waals surface area (Å²) >= 11 is 0. The Kier molecular flexibility index (Phi) is 7.33. The smallest absolute Gasteiger partial charge is 0.291 e. The van der Waals surface area contributed by atoms with Crippen molar-refractivity contribution < 1.29 is 14.7 Å². The van der Waals surface area contributed by atoms with Crippen molar-refractivity contribution >= 4 is 41.0 Å². The summed E-state index contributed by atoms with van der Waals surface area (Å²) in [6.07, 6.45) is 1.57. The zero-order valence-electron chi connectivity index (χ0n) is 21.9. The van der Waals surface area contributed by atoms with Crippen molar-refractivity contribution in [3.05, 3.63) is 76.9 Å². The van der Waals surface area contributed by atoms with Gasteiger partial charge >= 0.3 is 0 Å². The molecule has 0 bridgehead atoms. The van der Waals surface area contributed by atoms with Crippen molar-refractivity contribution in [2.24, 2.45) is 0 Å². The summed E-state index contributed by atoms with van der Waals surface area (Å²) in [6.45, 7) is 3.25. The van der Waals surface area contributed by atoms with Gasteiger partial charge in [0, 0.05) is 17.7 Å². The molecule has 3 N–H and O–H groups in total. The van der Waals surface area contributed by atoms with Gasteiger partial charge in [-0.2, -0.15) is 0 Å². The highest BCUT2D eigenvalue weighted by Crippen LogP contribution is 2.31. The molecule has 3 aromatic rings. The first-order valence-corrected chi connectivity index (χ1v) is 12.4. The number of aliphatic hydroxyl groups is 1. The van der Waals surface area contributed by atoms with E-state index in [0.717, 1.165) is 16.8 Å². The van der Waals surface area contributed by atoms with Crippen LogP contribution in [0, 0.1) is 11.8 Å². The van der Waals surface area contributed by atoms with Gasteiger partial charge in [0.2, 0.25) is 11.7 Å². The number of aryl methyl sites for hydroxylation is 1. The van der Waals surface area contributed by atoms with Crippen LogP contribution >= 0.6 is 0 Å². The first-order valence-electron chi connectivity index (χ1n) is 12.4. The number of aromatic nitrogens is 3. The maximum absolute atomic E-state index is 13.8. The number of fused-ring (bicyclic) bond motifs is 1. The molecule has 2 heterocycles. The van der Waals surface area contributed by atoms with E-state index in [1.54, 1.807) is 18.7 Å². The number of H-pyrrole nitrogens is 1. The average molecular weight is 493 g/mol. The molecule has 11 heteroatoms. The Morgan fingerprint density at radius 2 is 1.95 bits per heavy atom. The molecule has 8 nitrogen and oxygen atoms in total. The third-order valence-electron chi connectivity index (χ3n) is 5.99. The lowest BCUT2D eigenvalue weighted by Crippen LogP contribution is -2.59. The third kappa shape index (κ3) is 6.52. The number of aromatic amines is 1. The van der Waals surface area contributed by atoms with E-state index in [4.69, 9.17) is 0 Å². The minimum atomic E-state index is -1.12. The van der Waals surface area contributed by atoms with Crippen LogP contribution in [0.15, 0.2) is 48.5 Å². The number of hydrogen-bond donors (Lipinski definition) is 3. The molecule has 1 unspecified atom stereocenters. The summed E-state index contributed by atoms with van der Waals surface area (Å²) in [5.41, 5.74) is 2.40. The van der Waals surface area contributed by atoms with Gasteiger partial charge in [-0.25, -0.2) is 4.98 Å². The zero-order valence-corrected chi connectivity index (χ0v) is 21.9. The minimum Gasteiger partial charge on any atom is -0.378 e. The highest BCUT2D eigenvalue weighted by molar-refractivity contribution is 6.62. The predicted octanol–water partition coefficient (Wildman–Crippen LogP) is -0.894. The minimum absolute atomic E-state index is 0.00646. The molecule has 0 saturated heterocycles. The van der Waals surface area contributed by atoms with Crippen molar-refractivity contribution in [3.63, 3.8) is 0 Å². The van der Waals surface area contributed by atoms with Gasteiger partial charge in [-0.3, -0.25) is 14.7 Å². The van der Waals surface area contributed by atoms with Crippen LogP contribution in [-0.4, -0.2) is 72.5 Å². The van der Waals surface area contributed by atoms with E-state index in [1.807, 2.05) is 72.1 Å². The molecule has 1 aromatic heterocycles. The van der Waals surface area contributed by atoms with E-state index >= 15 is 0 Å². The molecule has 4 rings (SSSR count). The van der Waals surface area contributed by atoms with Crippen LogP contribution in [0.3, 0.4) is 0 Å². The summed E-state index contributed by atoms with van der Waals surface area (Å²) in [5, 5.41) is 19.2. The highest BCUT2D eigenvalue weighted by Gasteiger charge is 2.37. The second-order valence-corrected chi connectivity index (χ2v) is 10.8. The van der Waals surface area contributed by atoms with Crippen molar-refractivity contribution in [1.82, 2.24) is 20.5 Å². The fourth-order valence-corrected chi connectivity index (χ4v) is 4.30. The Balaban J connectivity index is 1.56. The Morgan fingerprint density at radius 1 is 1.22 bits per heavy atom. The monoisotopic (exact) mass is 493 g/mol. The van der Waals surface area contributed by atoms with Crippen molar-refractivity contribution in [1.29, 1.82) is 0 Å². The quantitative estimate of drug-likeness (QED) is 0.316. The summed E-state index contributed by atoms with van der Waals surface area (Å²) in [4.78, 5) is 32.9. The van der Waals surface area contributed by atoms with E-state index in [0.29, 0.717) is 30.7 Å². The van der Waals surface area contributed by atoms with Crippen molar-refractivity contribution in [3.8, 4) is 11.8 Å². The lowest BCUT2D eigenvalue weighted by atomic mass is 9.48. The van der Waals surface area contributed by atoms with Crippen LogP contribution < -0.4 is 10.2 Å². The molecule has 0 fully saturated rings. The molecular formula is C26H30B3N5O3. The molecule has 1 atom stereocenters. The fourth-order valence-electron chi connectivity index (χ4n) is 4.30. The standard InChI is InChI=1S/C26H30B3N5O3/c1-25(2,37)13-12-17-8-9-18-10-11-19(24(36)34(20(18)14-17)26(27,28)29)30-23(35)22-31-21(32-33-22)15-16-6-4-3-5-7-16/h3-9,14,19,37H,10-11,15,27-29H2,1-2H3,(H,30,35)(H,31,32,33). The molecule has 186 valence electrons. The maximum atomic E-state index is 13.8. The number of benzene rings is 2. The summed E-state index contributed by atoms with van der Waals surface area (Å²) in [7, 11) is 5.87. The van der Waals surface area contributed by atoms with Gasteiger partial charge in [0.05, 0.1) is 0 Å². The highest BCUT2D eigenvalue weighted by atomic mass is 16.3. The number of anilines is 1. The van der Waals surface area contributed by atoms with Crippen LogP contribution in [0.2, 0.25) is 0 Å². The van der Waals surface area contributed by atoms with Gasteiger partial charge in [-0.15, -0.1) is 5.10 Å². The molecule has 1 aliphatic heterocycles. The molecule has 2 amide bonds. The third-order valence-corrected chi connectivity index (χ3v) is 5.99. The average Bonchev–Trinajstić information content (AvgIpc) is 3.23. The molecule has 0 radical (unpaired) electrons. The zero-order chi connectivity index (χ0) is 26.8. The van der Waals surface area contributed by atoms with Crippen LogP contribution in [-0.2, 0) is 17.6 Å². The van der Waals surface area contributed by atoms with E-state index in [-0.39, 0.29) is 11.7 Å². The number of amides is 2. The lowest BCUT2D eigenvalue weighted by molar-refractivity contribution is -0.120. The summed E-state index contributed by atoms with van der Waals surface area (Å²) in [5.74, 6) is 5.71. The Hall–Kier alpha value is -3.77. The van der Waals surface area contributed by atoms with E-state index in [2.05, 4.69) is 32.3 Å². The van der Waals surface area contributed by atoms with E-state index in [9.17, 15) is 14.7 Å². The second-order valence-electron chi connectivity index (χ2n) is 10.8. The number of nitrogens with one attached hydrogen (secondary N) is 2. The molecule has 2 aromatic carbocycles. The van der Waals surface area contributed by atoms with Crippen LogP contribution in [0.1, 0.15) is 53.4 Å². The Bertz CT molecular complexity index is 1370. The van der Waals surface area contributed by atoms with Gasteiger partial charge in [-0.05, 0) is 55.2 Å².